The number of aromatic amines is 1. The van der Waals surface area contributed by atoms with Gasteiger partial charge in [-0.15, -0.1) is 0 Å². The second-order valence-electron chi connectivity index (χ2n) is 4.04. The maximum Gasteiger partial charge on any atom is 0.288 e. The number of nitrogens with one attached hydrogen (secondary N) is 2. The predicted octanol–water partition coefficient (Wildman–Crippen LogP) is 3.22. The molecular formula is C13H13F2N3OS. The number of aromatic nitrogens is 2. The smallest absolute Gasteiger partial charge is 0.288 e. The van der Waals surface area contributed by atoms with Crippen molar-refractivity contribution in [3.8, 4) is 0 Å². The van der Waals surface area contributed by atoms with Crippen LogP contribution in [0.5, 0.6) is 0 Å². The summed E-state index contributed by atoms with van der Waals surface area (Å²) in [5.74, 6) is -2.36. The van der Waals surface area contributed by atoms with Crippen LogP contribution in [0.25, 0.3) is 0 Å². The van der Waals surface area contributed by atoms with Crippen molar-refractivity contribution in [2.24, 2.45) is 0 Å². The zero-order valence-corrected chi connectivity index (χ0v) is 11.5. The minimum absolute atomic E-state index is 0.233. The summed E-state index contributed by atoms with van der Waals surface area (Å²) in [4.78, 5) is 19.3. The van der Waals surface area contributed by atoms with Gasteiger partial charge in [0.15, 0.2) is 0 Å². The number of carbonyl (C=O) groups is 1. The molecule has 2 N–H and O–H groups in total. The standard InChI is InChI=1S/C13H13F2N3OS/c1-8(11-16-6-7-17-11)18-12(19)9-4-2-3-5-10(9)20-13(14)15/h2-8,13H,1H3,(H,16,17)(H,18,19). The molecule has 0 spiro atoms. The number of amides is 1. The van der Waals surface area contributed by atoms with Crippen LogP contribution >= 0.6 is 11.8 Å². The van der Waals surface area contributed by atoms with Crippen molar-refractivity contribution in [1.82, 2.24) is 15.3 Å². The van der Waals surface area contributed by atoms with Gasteiger partial charge < -0.3 is 10.3 Å². The molecule has 0 saturated carbocycles. The van der Waals surface area contributed by atoms with Crippen LogP contribution in [0.1, 0.15) is 29.1 Å². The van der Waals surface area contributed by atoms with Gasteiger partial charge in [0.05, 0.1) is 11.6 Å². The number of carbonyl (C=O) groups excluding carboxylic acids is 1. The van der Waals surface area contributed by atoms with Gasteiger partial charge in [0.2, 0.25) is 0 Å². The van der Waals surface area contributed by atoms with Crippen LogP contribution in [0.4, 0.5) is 8.78 Å². The largest absolute Gasteiger partial charge is 0.347 e. The average molecular weight is 297 g/mol. The molecule has 7 heteroatoms. The summed E-state index contributed by atoms with van der Waals surface area (Å²) in [6.45, 7) is 1.76. The van der Waals surface area contributed by atoms with Crippen LogP contribution < -0.4 is 5.32 Å². The Morgan fingerprint density at radius 1 is 1.40 bits per heavy atom. The van der Waals surface area contributed by atoms with Gasteiger partial charge in [-0.3, -0.25) is 4.79 Å². The number of halogens is 2. The number of H-pyrrole nitrogens is 1. The van der Waals surface area contributed by atoms with E-state index in [1.807, 2.05) is 0 Å². The summed E-state index contributed by atoms with van der Waals surface area (Å²) in [6.07, 6.45) is 3.23. The maximum absolute atomic E-state index is 12.5. The molecule has 2 rings (SSSR count). The SMILES string of the molecule is CC(NC(=O)c1ccccc1SC(F)F)c1ncc[nH]1. The van der Waals surface area contributed by atoms with E-state index in [1.165, 1.54) is 12.1 Å². The zero-order chi connectivity index (χ0) is 14.5. The molecule has 1 unspecified atom stereocenters. The Balaban J connectivity index is 2.13. The highest BCUT2D eigenvalue weighted by molar-refractivity contribution is 7.99. The molecule has 0 aliphatic rings. The fourth-order valence-electron chi connectivity index (χ4n) is 1.71. The molecule has 0 radical (unpaired) electrons. The van der Waals surface area contributed by atoms with E-state index in [0.29, 0.717) is 17.6 Å². The molecule has 1 aromatic carbocycles. The van der Waals surface area contributed by atoms with Crippen molar-refractivity contribution in [2.45, 2.75) is 23.6 Å². The predicted molar refractivity (Wildman–Crippen MR) is 72.8 cm³/mol. The van der Waals surface area contributed by atoms with E-state index in [-0.39, 0.29) is 16.5 Å². The lowest BCUT2D eigenvalue weighted by atomic mass is 10.2. The third-order valence-corrected chi connectivity index (χ3v) is 3.41. The van der Waals surface area contributed by atoms with E-state index in [0.717, 1.165) is 0 Å². The minimum Gasteiger partial charge on any atom is -0.347 e. The van der Waals surface area contributed by atoms with Crippen molar-refractivity contribution in [3.05, 3.63) is 48.0 Å². The lowest BCUT2D eigenvalue weighted by molar-refractivity contribution is 0.0935. The monoisotopic (exact) mass is 297 g/mol. The van der Waals surface area contributed by atoms with Gasteiger partial charge in [0.1, 0.15) is 5.82 Å². The molecule has 0 aliphatic heterocycles. The van der Waals surface area contributed by atoms with Crippen LogP contribution in [-0.4, -0.2) is 21.6 Å². The third-order valence-electron chi connectivity index (χ3n) is 2.62. The van der Waals surface area contributed by atoms with Gasteiger partial charge in [0.25, 0.3) is 11.7 Å². The summed E-state index contributed by atoms with van der Waals surface area (Å²) in [7, 11) is 0. The summed E-state index contributed by atoms with van der Waals surface area (Å²) >= 11 is 0.360. The first kappa shape index (κ1) is 14.5. The first-order valence-corrected chi connectivity index (χ1v) is 6.80. The number of imidazole rings is 1. The number of rotatable bonds is 5. The van der Waals surface area contributed by atoms with E-state index < -0.39 is 11.7 Å². The van der Waals surface area contributed by atoms with Crippen LogP contribution in [0.15, 0.2) is 41.6 Å². The molecular weight excluding hydrogens is 284 g/mol. The Hall–Kier alpha value is -1.89. The van der Waals surface area contributed by atoms with Crippen molar-refractivity contribution >= 4 is 17.7 Å². The van der Waals surface area contributed by atoms with Gasteiger partial charge in [-0.1, -0.05) is 23.9 Å². The first-order chi connectivity index (χ1) is 9.58. The number of thioether (sulfide) groups is 1. The second-order valence-corrected chi connectivity index (χ2v) is 5.08. The molecule has 1 heterocycles. The highest BCUT2D eigenvalue weighted by Gasteiger charge is 2.17. The third kappa shape index (κ3) is 3.57. The number of nitrogens with zero attached hydrogens (tertiary/aromatic N) is 1. The normalized spacial score (nSPS) is 12.4. The van der Waals surface area contributed by atoms with Gasteiger partial charge in [-0.05, 0) is 19.1 Å². The Morgan fingerprint density at radius 2 is 2.15 bits per heavy atom. The number of benzene rings is 1. The van der Waals surface area contributed by atoms with Gasteiger partial charge in [0, 0.05) is 17.3 Å². The lowest BCUT2D eigenvalue weighted by Crippen LogP contribution is -2.27. The number of alkyl halides is 2. The van der Waals surface area contributed by atoms with Crippen molar-refractivity contribution in [2.75, 3.05) is 0 Å². The average Bonchev–Trinajstić information content (AvgIpc) is 2.92. The second kappa shape index (κ2) is 6.51. The van der Waals surface area contributed by atoms with Crippen molar-refractivity contribution in [3.63, 3.8) is 0 Å². The Bertz CT molecular complexity index is 575. The highest BCUT2D eigenvalue weighted by Crippen LogP contribution is 2.28. The van der Waals surface area contributed by atoms with Crippen LogP contribution in [-0.2, 0) is 0 Å². The topological polar surface area (TPSA) is 57.8 Å². The molecule has 2 aromatic rings. The summed E-state index contributed by atoms with van der Waals surface area (Å²) in [5, 5.41) is 2.72. The quantitative estimate of drug-likeness (QED) is 0.833. The van der Waals surface area contributed by atoms with Gasteiger partial charge >= 0.3 is 0 Å². The van der Waals surface area contributed by atoms with Crippen molar-refractivity contribution < 1.29 is 13.6 Å². The summed E-state index contributed by atoms with van der Waals surface area (Å²) in [6, 6.07) is 5.96. The van der Waals surface area contributed by atoms with E-state index in [9.17, 15) is 13.6 Å². The van der Waals surface area contributed by atoms with Crippen LogP contribution in [0.3, 0.4) is 0 Å². The lowest BCUT2D eigenvalue weighted by Gasteiger charge is -2.13. The van der Waals surface area contributed by atoms with E-state index in [1.54, 1.807) is 31.5 Å². The van der Waals surface area contributed by atoms with Crippen LogP contribution in [0, 0.1) is 0 Å². The molecule has 0 bridgehead atoms. The summed E-state index contributed by atoms with van der Waals surface area (Å²) < 4.78 is 24.9. The molecule has 106 valence electrons. The maximum atomic E-state index is 12.5. The Morgan fingerprint density at radius 3 is 2.80 bits per heavy atom. The van der Waals surface area contributed by atoms with E-state index >= 15 is 0 Å². The highest BCUT2D eigenvalue weighted by atomic mass is 32.2. The molecule has 0 fully saturated rings. The number of hydrogen-bond donors (Lipinski definition) is 2. The fourth-order valence-corrected chi connectivity index (χ4v) is 2.35. The molecule has 1 atom stereocenters. The van der Waals surface area contributed by atoms with Gasteiger partial charge in [-0.2, -0.15) is 8.78 Å². The molecule has 0 saturated heterocycles. The van der Waals surface area contributed by atoms with Crippen LogP contribution in [0.2, 0.25) is 0 Å². The number of hydrogen-bond acceptors (Lipinski definition) is 3. The summed E-state index contributed by atoms with van der Waals surface area (Å²) in [5.41, 5.74) is 0.233. The van der Waals surface area contributed by atoms with E-state index in [4.69, 9.17) is 0 Å². The molecule has 0 aliphatic carbocycles. The van der Waals surface area contributed by atoms with Crippen molar-refractivity contribution in [1.29, 1.82) is 0 Å². The molecule has 1 amide bonds. The van der Waals surface area contributed by atoms with E-state index in [2.05, 4.69) is 15.3 Å². The first-order valence-electron chi connectivity index (χ1n) is 5.92. The van der Waals surface area contributed by atoms with Gasteiger partial charge in [-0.25, -0.2) is 4.98 Å². The fraction of sp³-hybridized carbons (Fsp3) is 0.231. The zero-order valence-electron chi connectivity index (χ0n) is 10.6. The molecule has 20 heavy (non-hydrogen) atoms. The Kier molecular flexibility index (Phi) is 4.73. The minimum atomic E-state index is -2.56. The molecule has 4 nitrogen and oxygen atoms in total. The molecule has 1 aromatic heterocycles. The Labute approximate surface area is 119 Å².